The highest BCUT2D eigenvalue weighted by atomic mass is 15.0. The molecule has 0 radical (unpaired) electrons. The summed E-state index contributed by atoms with van der Waals surface area (Å²) >= 11 is 0. The number of hydrogen-bond donors (Lipinski definition) is 1. The third-order valence-electron chi connectivity index (χ3n) is 4.28. The first-order chi connectivity index (χ1) is 5.66. The minimum atomic E-state index is 0.549. The molecule has 1 aliphatic heterocycles. The SMILES string of the molecule is CC1(C)CNCC12CCCCC2. The van der Waals surface area contributed by atoms with E-state index in [4.69, 9.17) is 0 Å². The lowest BCUT2D eigenvalue weighted by Crippen LogP contribution is -2.38. The van der Waals surface area contributed by atoms with Crippen LogP contribution in [0.15, 0.2) is 0 Å². The molecule has 2 rings (SSSR count). The Kier molecular flexibility index (Phi) is 1.95. The second-order valence-electron chi connectivity index (χ2n) is 5.33. The predicted octanol–water partition coefficient (Wildman–Crippen LogP) is 2.57. The molecule has 0 aromatic rings. The van der Waals surface area contributed by atoms with Crippen LogP contribution in [0.1, 0.15) is 46.0 Å². The van der Waals surface area contributed by atoms with E-state index in [1.165, 1.54) is 45.2 Å². The van der Waals surface area contributed by atoms with E-state index in [0.29, 0.717) is 10.8 Å². The van der Waals surface area contributed by atoms with Crippen molar-refractivity contribution in [2.24, 2.45) is 10.8 Å². The first-order valence-corrected chi connectivity index (χ1v) is 5.37. The van der Waals surface area contributed by atoms with E-state index < -0.39 is 0 Å². The van der Waals surface area contributed by atoms with Gasteiger partial charge in [0.1, 0.15) is 0 Å². The Morgan fingerprint density at radius 3 is 2.08 bits per heavy atom. The van der Waals surface area contributed by atoms with Crippen molar-refractivity contribution in [3.8, 4) is 0 Å². The summed E-state index contributed by atoms with van der Waals surface area (Å²) in [4.78, 5) is 0. The van der Waals surface area contributed by atoms with Crippen LogP contribution in [0.4, 0.5) is 0 Å². The molecular formula is C11H21N. The van der Waals surface area contributed by atoms with Gasteiger partial charge in [-0.05, 0) is 23.7 Å². The van der Waals surface area contributed by atoms with Gasteiger partial charge in [0.05, 0.1) is 0 Å². The summed E-state index contributed by atoms with van der Waals surface area (Å²) in [5.74, 6) is 0. The quantitative estimate of drug-likeness (QED) is 0.584. The van der Waals surface area contributed by atoms with E-state index in [1.54, 1.807) is 0 Å². The van der Waals surface area contributed by atoms with E-state index in [1.807, 2.05) is 0 Å². The fourth-order valence-corrected chi connectivity index (χ4v) is 3.12. The van der Waals surface area contributed by atoms with E-state index in [0.717, 1.165) is 0 Å². The minimum absolute atomic E-state index is 0.549. The van der Waals surface area contributed by atoms with Crippen molar-refractivity contribution in [3.05, 3.63) is 0 Å². The van der Waals surface area contributed by atoms with Crippen molar-refractivity contribution in [3.63, 3.8) is 0 Å². The van der Waals surface area contributed by atoms with Crippen molar-refractivity contribution in [2.45, 2.75) is 46.0 Å². The van der Waals surface area contributed by atoms with Crippen LogP contribution in [0.5, 0.6) is 0 Å². The van der Waals surface area contributed by atoms with Crippen molar-refractivity contribution in [1.29, 1.82) is 0 Å². The van der Waals surface area contributed by atoms with Gasteiger partial charge in [-0.3, -0.25) is 0 Å². The van der Waals surface area contributed by atoms with Gasteiger partial charge in [-0.2, -0.15) is 0 Å². The highest BCUT2D eigenvalue weighted by molar-refractivity contribution is 5.01. The Balaban J connectivity index is 2.17. The van der Waals surface area contributed by atoms with E-state index >= 15 is 0 Å². The third kappa shape index (κ3) is 1.10. The van der Waals surface area contributed by atoms with E-state index in [-0.39, 0.29) is 0 Å². The second-order valence-corrected chi connectivity index (χ2v) is 5.33. The third-order valence-corrected chi connectivity index (χ3v) is 4.28. The molecule has 1 heterocycles. The van der Waals surface area contributed by atoms with Crippen LogP contribution in [0.25, 0.3) is 0 Å². The largest absolute Gasteiger partial charge is 0.316 e. The number of rotatable bonds is 0. The van der Waals surface area contributed by atoms with Gasteiger partial charge in [-0.1, -0.05) is 33.1 Å². The number of nitrogens with one attached hydrogen (secondary N) is 1. The van der Waals surface area contributed by atoms with Gasteiger partial charge in [0, 0.05) is 13.1 Å². The summed E-state index contributed by atoms with van der Waals surface area (Å²) in [5.41, 5.74) is 1.21. The predicted molar refractivity (Wildman–Crippen MR) is 52.2 cm³/mol. The minimum Gasteiger partial charge on any atom is -0.316 e. The molecule has 70 valence electrons. The summed E-state index contributed by atoms with van der Waals surface area (Å²) in [6.45, 7) is 7.39. The molecule has 0 amide bonds. The molecule has 1 spiro atoms. The molecule has 2 aliphatic rings. The van der Waals surface area contributed by atoms with Gasteiger partial charge in [-0.25, -0.2) is 0 Å². The molecule has 1 aliphatic carbocycles. The Labute approximate surface area is 75.9 Å². The first kappa shape index (κ1) is 8.55. The molecule has 1 saturated heterocycles. The zero-order chi connectivity index (χ0) is 8.66. The normalized spacial score (nSPS) is 32.5. The zero-order valence-electron chi connectivity index (χ0n) is 8.45. The van der Waals surface area contributed by atoms with Gasteiger partial charge >= 0.3 is 0 Å². The Morgan fingerprint density at radius 2 is 1.58 bits per heavy atom. The average Bonchev–Trinajstić information content (AvgIpc) is 2.30. The highest BCUT2D eigenvalue weighted by Gasteiger charge is 2.48. The van der Waals surface area contributed by atoms with Crippen LogP contribution in [-0.4, -0.2) is 13.1 Å². The molecular weight excluding hydrogens is 146 g/mol. The van der Waals surface area contributed by atoms with Crippen LogP contribution >= 0.6 is 0 Å². The lowest BCUT2D eigenvalue weighted by molar-refractivity contribution is 0.0805. The van der Waals surface area contributed by atoms with Crippen molar-refractivity contribution in [2.75, 3.05) is 13.1 Å². The van der Waals surface area contributed by atoms with E-state index in [9.17, 15) is 0 Å². The van der Waals surface area contributed by atoms with Crippen molar-refractivity contribution < 1.29 is 0 Å². The van der Waals surface area contributed by atoms with Gasteiger partial charge in [0.15, 0.2) is 0 Å². The summed E-state index contributed by atoms with van der Waals surface area (Å²) in [6, 6.07) is 0. The summed E-state index contributed by atoms with van der Waals surface area (Å²) in [5, 5.41) is 3.57. The highest BCUT2D eigenvalue weighted by Crippen LogP contribution is 2.51. The van der Waals surface area contributed by atoms with Crippen LogP contribution in [0.3, 0.4) is 0 Å². The Hall–Kier alpha value is -0.0400. The second kappa shape index (κ2) is 2.73. The lowest BCUT2D eigenvalue weighted by atomic mass is 9.61. The fourth-order valence-electron chi connectivity index (χ4n) is 3.12. The van der Waals surface area contributed by atoms with Crippen molar-refractivity contribution >= 4 is 0 Å². The topological polar surface area (TPSA) is 12.0 Å². The fraction of sp³-hybridized carbons (Fsp3) is 1.00. The van der Waals surface area contributed by atoms with Gasteiger partial charge in [0.2, 0.25) is 0 Å². The molecule has 1 saturated carbocycles. The van der Waals surface area contributed by atoms with Crippen LogP contribution in [0.2, 0.25) is 0 Å². The molecule has 0 aromatic heterocycles. The standard InChI is InChI=1S/C11H21N/c1-10(2)8-12-9-11(10)6-4-3-5-7-11/h12H,3-9H2,1-2H3. The molecule has 2 fully saturated rings. The van der Waals surface area contributed by atoms with Gasteiger partial charge < -0.3 is 5.32 Å². The Morgan fingerprint density at radius 1 is 0.917 bits per heavy atom. The van der Waals surface area contributed by atoms with Gasteiger partial charge in [-0.15, -0.1) is 0 Å². The monoisotopic (exact) mass is 167 g/mol. The summed E-state index contributed by atoms with van der Waals surface area (Å²) < 4.78 is 0. The van der Waals surface area contributed by atoms with Crippen LogP contribution in [-0.2, 0) is 0 Å². The Bertz CT molecular complexity index is 166. The average molecular weight is 167 g/mol. The smallest absolute Gasteiger partial charge is 0.00136 e. The maximum atomic E-state index is 3.57. The molecule has 0 bridgehead atoms. The molecule has 0 unspecified atom stereocenters. The molecule has 0 aromatic carbocycles. The summed E-state index contributed by atoms with van der Waals surface area (Å²) in [7, 11) is 0. The van der Waals surface area contributed by atoms with Crippen LogP contribution in [0, 0.1) is 10.8 Å². The maximum Gasteiger partial charge on any atom is 0.00136 e. The molecule has 1 N–H and O–H groups in total. The number of hydrogen-bond acceptors (Lipinski definition) is 1. The molecule has 0 atom stereocenters. The maximum absolute atomic E-state index is 3.57. The van der Waals surface area contributed by atoms with E-state index in [2.05, 4.69) is 19.2 Å². The molecule has 12 heavy (non-hydrogen) atoms. The molecule has 1 nitrogen and oxygen atoms in total. The van der Waals surface area contributed by atoms with Crippen molar-refractivity contribution in [1.82, 2.24) is 5.32 Å². The lowest BCUT2D eigenvalue weighted by Gasteiger charge is -2.43. The zero-order valence-corrected chi connectivity index (χ0v) is 8.45. The summed E-state index contributed by atoms with van der Waals surface area (Å²) in [6.07, 6.45) is 7.33. The molecule has 1 heteroatoms. The first-order valence-electron chi connectivity index (χ1n) is 5.37. The van der Waals surface area contributed by atoms with Gasteiger partial charge in [0.25, 0.3) is 0 Å². The van der Waals surface area contributed by atoms with Crippen LogP contribution < -0.4 is 5.32 Å².